The van der Waals surface area contributed by atoms with Crippen LogP contribution in [0.4, 0.5) is 0 Å². The minimum atomic E-state index is -1.13. The standard InChI is InChI=1S/C17H25N3O5/c21-14(9-18-3-5-25-6-4-18)19-8-13-15(22)20(7-12-1-2-12)11-17(13,10-19)16(23)24/h12-13H,1-11H2,(H,23,24)/t13-,17-/m0/s1. The average Bonchev–Trinajstić information content (AvgIpc) is 3.25. The van der Waals surface area contributed by atoms with E-state index in [2.05, 4.69) is 0 Å². The molecule has 4 aliphatic rings. The molecule has 8 nitrogen and oxygen atoms in total. The smallest absolute Gasteiger partial charge is 0.314 e. The zero-order chi connectivity index (χ0) is 17.6. The molecule has 0 radical (unpaired) electrons. The molecule has 8 heteroatoms. The Morgan fingerprint density at radius 2 is 1.92 bits per heavy atom. The second-order valence-corrected chi connectivity index (χ2v) is 7.84. The minimum absolute atomic E-state index is 0.0848. The summed E-state index contributed by atoms with van der Waals surface area (Å²) in [4.78, 5) is 42.7. The van der Waals surface area contributed by atoms with E-state index in [1.807, 2.05) is 4.90 Å². The van der Waals surface area contributed by atoms with Gasteiger partial charge in [0.2, 0.25) is 11.8 Å². The monoisotopic (exact) mass is 351 g/mol. The van der Waals surface area contributed by atoms with Crippen LogP contribution in [0.25, 0.3) is 0 Å². The SMILES string of the molecule is O=C(CN1CCOCC1)N1C[C@H]2C(=O)N(CC3CC3)C[C@@]2(C(=O)O)C1. The quantitative estimate of drug-likeness (QED) is 0.690. The van der Waals surface area contributed by atoms with Gasteiger partial charge in [-0.15, -0.1) is 0 Å². The molecule has 3 saturated heterocycles. The molecule has 0 bridgehead atoms. The zero-order valence-electron chi connectivity index (χ0n) is 14.4. The predicted octanol–water partition coefficient (Wildman–Crippen LogP) is -0.900. The summed E-state index contributed by atoms with van der Waals surface area (Å²) in [7, 11) is 0. The van der Waals surface area contributed by atoms with Gasteiger partial charge in [0, 0.05) is 39.3 Å². The third-order valence-corrected chi connectivity index (χ3v) is 6.04. The number of aliphatic carboxylic acids is 1. The number of nitrogens with zero attached hydrogens (tertiary/aromatic N) is 3. The molecule has 0 aromatic carbocycles. The fraction of sp³-hybridized carbons (Fsp3) is 0.824. The number of morpholine rings is 1. The van der Waals surface area contributed by atoms with Crippen LogP contribution in [0, 0.1) is 17.3 Å². The Kier molecular flexibility index (Phi) is 4.19. The van der Waals surface area contributed by atoms with Gasteiger partial charge in [-0.3, -0.25) is 19.3 Å². The lowest BCUT2D eigenvalue weighted by Gasteiger charge is -2.29. The maximum Gasteiger partial charge on any atom is 0.314 e. The molecule has 0 aromatic heterocycles. The number of carbonyl (C=O) groups excluding carboxylic acids is 2. The third-order valence-electron chi connectivity index (χ3n) is 6.04. The van der Waals surface area contributed by atoms with E-state index in [0.29, 0.717) is 38.8 Å². The van der Waals surface area contributed by atoms with Crippen molar-refractivity contribution >= 4 is 17.8 Å². The first kappa shape index (κ1) is 16.8. The summed E-state index contributed by atoms with van der Waals surface area (Å²) in [6, 6.07) is 0. The summed E-state index contributed by atoms with van der Waals surface area (Å²) in [5, 5.41) is 9.84. The second-order valence-electron chi connectivity index (χ2n) is 7.84. The van der Waals surface area contributed by atoms with E-state index in [9.17, 15) is 19.5 Å². The average molecular weight is 351 g/mol. The number of fused-ring (bicyclic) bond motifs is 1. The van der Waals surface area contributed by atoms with Crippen molar-refractivity contribution in [2.75, 3.05) is 59.0 Å². The van der Waals surface area contributed by atoms with Crippen molar-refractivity contribution < 1.29 is 24.2 Å². The first-order valence-electron chi connectivity index (χ1n) is 9.10. The molecule has 1 saturated carbocycles. The molecule has 138 valence electrons. The van der Waals surface area contributed by atoms with E-state index in [1.165, 1.54) is 0 Å². The lowest BCUT2D eigenvalue weighted by atomic mass is 9.81. The van der Waals surface area contributed by atoms with Crippen molar-refractivity contribution in [2.24, 2.45) is 17.3 Å². The van der Waals surface area contributed by atoms with Gasteiger partial charge < -0.3 is 19.6 Å². The molecule has 0 aromatic rings. The normalized spacial score (nSPS) is 33.0. The number of carboxylic acids is 1. The summed E-state index contributed by atoms with van der Waals surface area (Å²) in [6.45, 7) is 4.20. The number of carboxylic acid groups (broad SMARTS) is 1. The van der Waals surface area contributed by atoms with E-state index in [1.54, 1.807) is 9.80 Å². The Hall–Kier alpha value is -1.67. The summed E-state index contributed by atoms with van der Waals surface area (Å²) in [5.41, 5.74) is -1.13. The van der Waals surface area contributed by atoms with Crippen molar-refractivity contribution in [1.82, 2.24) is 14.7 Å². The largest absolute Gasteiger partial charge is 0.481 e. The van der Waals surface area contributed by atoms with Crippen molar-refractivity contribution in [1.29, 1.82) is 0 Å². The first-order chi connectivity index (χ1) is 12.0. The highest BCUT2D eigenvalue weighted by Crippen LogP contribution is 2.45. The molecule has 3 heterocycles. The maximum atomic E-state index is 12.7. The molecular formula is C17H25N3O5. The van der Waals surface area contributed by atoms with Crippen molar-refractivity contribution in [2.45, 2.75) is 12.8 Å². The van der Waals surface area contributed by atoms with Crippen molar-refractivity contribution in [3.05, 3.63) is 0 Å². The highest BCUT2D eigenvalue weighted by atomic mass is 16.5. The Bertz CT molecular complexity index is 587. The van der Waals surface area contributed by atoms with E-state index in [0.717, 1.165) is 12.8 Å². The highest BCUT2D eigenvalue weighted by molar-refractivity contribution is 5.94. The fourth-order valence-corrected chi connectivity index (χ4v) is 4.32. The van der Waals surface area contributed by atoms with E-state index >= 15 is 0 Å². The number of carbonyl (C=O) groups is 3. The predicted molar refractivity (Wildman–Crippen MR) is 86.7 cm³/mol. The molecule has 0 spiro atoms. The Morgan fingerprint density at radius 1 is 1.20 bits per heavy atom. The van der Waals surface area contributed by atoms with Crippen LogP contribution in [-0.2, 0) is 19.1 Å². The van der Waals surface area contributed by atoms with E-state index < -0.39 is 17.3 Å². The van der Waals surface area contributed by atoms with Gasteiger partial charge in [0.1, 0.15) is 5.41 Å². The van der Waals surface area contributed by atoms with Crippen LogP contribution in [0.1, 0.15) is 12.8 Å². The van der Waals surface area contributed by atoms with E-state index in [-0.39, 0.29) is 38.0 Å². The number of hydrogen-bond acceptors (Lipinski definition) is 5. The summed E-state index contributed by atoms with van der Waals surface area (Å²) >= 11 is 0. The van der Waals surface area contributed by atoms with Crippen LogP contribution >= 0.6 is 0 Å². The fourth-order valence-electron chi connectivity index (χ4n) is 4.32. The molecule has 2 atom stereocenters. The van der Waals surface area contributed by atoms with E-state index in [4.69, 9.17) is 4.74 Å². The molecule has 1 N–H and O–H groups in total. The van der Waals surface area contributed by atoms with Crippen LogP contribution < -0.4 is 0 Å². The Morgan fingerprint density at radius 3 is 2.52 bits per heavy atom. The Labute approximate surface area is 146 Å². The van der Waals surface area contributed by atoms with Gasteiger partial charge in [0.25, 0.3) is 0 Å². The summed E-state index contributed by atoms with van der Waals surface area (Å²) < 4.78 is 5.28. The minimum Gasteiger partial charge on any atom is -0.481 e. The van der Waals surface area contributed by atoms with Crippen LogP contribution in [0.15, 0.2) is 0 Å². The molecule has 0 unspecified atom stereocenters. The topological polar surface area (TPSA) is 90.4 Å². The lowest BCUT2D eigenvalue weighted by Crippen LogP contribution is -2.46. The molecule has 2 amide bonds. The third kappa shape index (κ3) is 3.01. The van der Waals surface area contributed by atoms with Gasteiger partial charge in [0.05, 0.1) is 25.7 Å². The first-order valence-corrected chi connectivity index (χ1v) is 9.10. The second kappa shape index (κ2) is 6.25. The molecule has 25 heavy (non-hydrogen) atoms. The highest BCUT2D eigenvalue weighted by Gasteiger charge is 2.63. The molecule has 4 fully saturated rings. The number of amides is 2. The number of hydrogen-bond donors (Lipinski definition) is 1. The van der Waals surface area contributed by atoms with Crippen LogP contribution in [0.5, 0.6) is 0 Å². The number of likely N-dealkylation sites (tertiary alicyclic amines) is 2. The number of ether oxygens (including phenoxy) is 1. The van der Waals surface area contributed by atoms with Gasteiger partial charge in [-0.25, -0.2) is 0 Å². The van der Waals surface area contributed by atoms with Gasteiger partial charge in [-0.2, -0.15) is 0 Å². The van der Waals surface area contributed by atoms with Crippen molar-refractivity contribution in [3.63, 3.8) is 0 Å². The van der Waals surface area contributed by atoms with Gasteiger partial charge >= 0.3 is 5.97 Å². The van der Waals surface area contributed by atoms with Gasteiger partial charge in [0.15, 0.2) is 0 Å². The number of rotatable bonds is 5. The van der Waals surface area contributed by atoms with Crippen LogP contribution in [-0.4, -0.2) is 96.6 Å². The molecular weight excluding hydrogens is 326 g/mol. The summed E-state index contributed by atoms with van der Waals surface area (Å²) in [5.74, 6) is -1.19. The Balaban J connectivity index is 1.43. The van der Waals surface area contributed by atoms with Crippen molar-refractivity contribution in [3.8, 4) is 0 Å². The van der Waals surface area contributed by atoms with Crippen LogP contribution in [0.3, 0.4) is 0 Å². The summed E-state index contributed by atoms with van der Waals surface area (Å²) in [6.07, 6.45) is 2.25. The zero-order valence-corrected chi connectivity index (χ0v) is 14.4. The van der Waals surface area contributed by atoms with Gasteiger partial charge in [-0.05, 0) is 18.8 Å². The molecule has 3 aliphatic heterocycles. The van der Waals surface area contributed by atoms with Crippen LogP contribution in [0.2, 0.25) is 0 Å². The molecule has 1 aliphatic carbocycles. The molecule has 4 rings (SSSR count). The lowest BCUT2D eigenvalue weighted by molar-refractivity contribution is -0.150. The maximum absolute atomic E-state index is 12.7. The van der Waals surface area contributed by atoms with Gasteiger partial charge in [-0.1, -0.05) is 0 Å².